The Morgan fingerprint density at radius 1 is 1.04 bits per heavy atom. The zero-order chi connectivity index (χ0) is 19.4. The third kappa shape index (κ3) is 4.32. The second-order valence-electron chi connectivity index (χ2n) is 5.63. The number of carbonyl (C=O) groups excluding carboxylic acids is 1. The molecule has 1 aromatic carbocycles. The Morgan fingerprint density at radius 2 is 1.78 bits per heavy atom. The number of aromatic nitrogens is 4. The summed E-state index contributed by atoms with van der Waals surface area (Å²) in [6, 6.07) is 11.1. The molecule has 9 heteroatoms. The van der Waals surface area contributed by atoms with Crippen LogP contribution in [0, 0.1) is 6.92 Å². The van der Waals surface area contributed by atoms with Gasteiger partial charge in [-0.15, -0.1) is 0 Å². The number of benzene rings is 1. The van der Waals surface area contributed by atoms with E-state index in [1.54, 1.807) is 32.2 Å². The number of hydrogen-bond acceptors (Lipinski definition) is 7. The first-order valence-corrected chi connectivity index (χ1v) is 9.82. The van der Waals surface area contributed by atoms with Gasteiger partial charge < -0.3 is 0 Å². The number of pyridine rings is 1. The summed E-state index contributed by atoms with van der Waals surface area (Å²) in [5, 5.41) is 2.60. The molecule has 3 rings (SSSR count). The Bertz CT molecular complexity index is 1070. The number of anilines is 1. The van der Waals surface area contributed by atoms with Gasteiger partial charge in [0.2, 0.25) is 5.95 Å². The third-order valence-electron chi connectivity index (χ3n) is 3.72. The molecule has 0 saturated carbocycles. The zero-order valence-electron chi connectivity index (χ0n) is 14.7. The number of aryl methyl sites for hydroxylation is 1. The van der Waals surface area contributed by atoms with Gasteiger partial charge >= 0.3 is 0 Å². The molecule has 0 unspecified atom stereocenters. The number of hydrogen-bond donors (Lipinski definition) is 1. The molecule has 0 atom stereocenters. The number of nitrogens with zero attached hydrogens (tertiary/aromatic N) is 4. The van der Waals surface area contributed by atoms with E-state index in [0.29, 0.717) is 22.9 Å². The fraction of sp³-hybridized carbons (Fsp3) is 0.167. The van der Waals surface area contributed by atoms with Gasteiger partial charge in [0.15, 0.2) is 15.7 Å². The van der Waals surface area contributed by atoms with E-state index in [2.05, 4.69) is 25.3 Å². The molecule has 1 N–H and O–H groups in total. The van der Waals surface area contributed by atoms with Crippen molar-refractivity contribution in [3.05, 3.63) is 60.0 Å². The predicted molar refractivity (Wildman–Crippen MR) is 99.9 cm³/mol. The molecule has 0 aliphatic carbocycles. The van der Waals surface area contributed by atoms with Crippen molar-refractivity contribution >= 4 is 21.7 Å². The minimum absolute atomic E-state index is 0.00102. The standard InChI is InChI=1S/C18H17N5O3S/c1-3-27(25,26)14-9-7-13(8-10-14)17(24)23-18-21-12(2)20-16(22-18)15-6-4-5-11-19-15/h4-11H,3H2,1-2H3,(H,20,21,22,23,24). The highest BCUT2D eigenvalue weighted by Crippen LogP contribution is 2.15. The first-order valence-electron chi connectivity index (χ1n) is 8.17. The molecule has 0 fully saturated rings. The average molecular weight is 383 g/mol. The molecule has 8 nitrogen and oxygen atoms in total. The minimum atomic E-state index is -3.31. The van der Waals surface area contributed by atoms with Crippen molar-refractivity contribution in [2.24, 2.45) is 0 Å². The molecular formula is C18H17N5O3S. The van der Waals surface area contributed by atoms with Crippen LogP contribution in [-0.2, 0) is 9.84 Å². The van der Waals surface area contributed by atoms with Crippen molar-refractivity contribution in [3.8, 4) is 11.5 Å². The SMILES string of the molecule is CCS(=O)(=O)c1ccc(C(=O)Nc2nc(C)nc(-c3ccccn3)n2)cc1. The molecule has 0 bridgehead atoms. The molecule has 2 aromatic heterocycles. The smallest absolute Gasteiger partial charge is 0.258 e. The topological polar surface area (TPSA) is 115 Å². The lowest BCUT2D eigenvalue weighted by Crippen LogP contribution is -2.16. The first kappa shape index (κ1) is 18.6. The van der Waals surface area contributed by atoms with Gasteiger partial charge in [0.1, 0.15) is 11.5 Å². The average Bonchev–Trinajstić information content (AvgIpc) is 2.68. The van der Waals surface area contributed by atoms with Crippen LogP contribution >= 0.6 is 0 Å². The highest BCUT2D eigenvalue weighted by molar-refractivity contribution is 7.91. The Kier molecular flexibility index (Phi) is 5.22. The molecule has 0 saturated heterocycles. The largest absolute Gasteiger partial charge is 0.290 e. The van der Waals surface area contributed by atoms with Crippen molar-refractivity contribution < 1.29 is 13.2 Å². The van der Waals surface area contributed by atoms with Crippen LogP contribution in [0.15, 0.2) is 53.6 Å². The predicted octanol–water partition coefficient (Wildman–Crippen LogP) is 2.29. The van der Waals surface area contributed by atoms with Crippen molar-refractivity contribution in [1.82, 2.24) is 19.9 Å². The number of carbonyl (C=O) groups is 1. The van der Waals surface area contributed by atoms with Crippen molar-refractivity contribution in [2.75, 3.05) is 11.1 Å². The van der Waals surface area contributed by atoms with Crippen molar-refractivity contribution in [2.45, 2.75) is 18.7 Å². The molecule has 138 valence electrons. The Morgan fingerprint density at radius 3 is 2.41 bits per heavy atom. The zero-order valence-corrected chi connectivity index (χ0v) is 15.6. The fourth-order valence-electron chi connectivity index (χ4n) is 2.30. The Hall–Kier alpha value is -3.20. The maximum absolute atomic E-state index is 12.4. The van der Waals surface area contributed by atoms with Crippen LogP contribution in [0.25, 0.3) is 11.5 Å². The number of nitrogens with one attached hydrogen (secondary N) is 1. The van der Waals surface area contributed by atoms with Crippen LogP contribution in [0.3, 0.4) is 0 Å². The van der Waals surface area contributed by atoms with Crippen molar-refractivity contribution in [1.29, 1.82) is 0 Å². The molecule has 27 heavy (non-hydrogen) atoms. The van der Waals surface area contributed by atoms with Crippen LogP contribution in [0.2, 0.25) is 0 Å². The fourth-order valence-corrected chi connectivity index (χ4v) is 3.19. The van der Waals surface area contributed by atoms with Gasteiger partial charge in [-0.2, -0.15) is 9.97 Å². The van der Waals surface area contributed by atoms with Gasteiger partial charge in [0, 0.05) is 11.8 Å². The Balaban J connectivity index is 1.83. The number of rotatable bonds is 5. The minimum Gasteiger partial charge on any atom is -0.290 e. The van der Waals surface area contributed by atoms with Gasteiger partial charge in [-0.3, -0.25) is 15.1 Å². The maximum atomic E-state index is 12.4. The van der Waals surface area contributed by atoms with E-state index in [-0.39, 0.29) is 16.6 Å². The summed E-state index contributed by atoms with van der Waals surface area (Å²) in [4.78, 5) is 29.4. The van der Waals surface area contributed by atoms with Gasteiger partial charge in [0.25, 0.3) is 5.91 Å². The summed E-state index contributed by atoms with van der Waals surface area (Å²) < 4.78 is 23.7. The summed E-state index contributed by atoms with van der Waals surface area (Å²) >= 11 is 0. The second-order valence-corrected chi connectivity index (χ2v) is 7.90. The van der Waals surface area contributed by atoms with E-state index in [1.165, 1.54) is 24.3 Å². The summed E-state index contributed by atoms with van der Waals surface area (Å²) in [5.74, 6) is 0.429. The molecule has 0 spiro atoms. The van der Waals surface area contributed by atoms with E-state index in [9.17, 15) is 13.2 Å². The van der Waals surface area contributed by atoms with E-state index in [1.807, 2.05) is 6.07 Å². The van der Waals surface area contributed by atoms with E-state index in [4.69, 9.17) is 0 Å². The lowest BCUT2D eigenvalue weighted by Gasteiger charge is -2.07. The van der Waals surface area contributed by atoms with Crippen LogP contribution in [0.4, 0.5) is 5.95 Å². The lowest BCUT2D eigenvalue weighted by atomic mass is 10.2. The van der Waals surface area contributed by atoms with Crippen LogP contribution < -0.4 is 5.32 Å². The van der Waals surface area contributed by atoms with Gasteiger partial charge in [-0.05, 0) is 43.3 Å². The number of amides is 1. The molecule has 1 amide bonds. The van der Waals surface area contributed by atoms with Gasteiger partial charge in [-0.25, -0.2) is 13.4 Å². The molecule has 2 heterocycles. The van der Waals surface area contributed by atoms with Gasteiger partial charge in [0.05, 0.1) is 10.6 Å². The molecule has 3 aromatic rings. The molecule has 0 aliphatic rings. The molecule has 0 aliphatic heterocycles. The third-order valence-corrected chi connectivity index (χ3v) is 5.47. The van der Waals surface area contributed by atoms with Gasteiger partial charge in [-0.1, -0.05) is 13.0 Å². The summed E-state index contributed by atoms with van der Waals surface area (Å²) in [7, 11) is -3.31. The maximum Gasteiger partial charge on any atom is 0.258 e. The van der Waals surface area contributed by atoms with Crippen LogP contribution in [0.1, 0.15) is 23.1 Å². The Labute approximate surface area is 156 Å². The lowest BCUT2D eigenvalue weighted by molar-refractivity contribution is 0.102. The van der Waals surface area contributed by atoms with E-state index < -0.39 is 15.7 Å². The van der Waals surface area contributed by atoms with Crippen LogP contribution in [-0.4, -0.2) is 40.0 Å². The molecular weight excluding hydrogens is 366 g/mol. The normalized spacial score (nSPS) is 11.2. The summed E-state index contributed by atoms with van der Waals surface area (Å²) in [6.45, 7) is 3.26. The molecule has 0 radical (unpaired) electrons. The highest BCUT2D eigenvalue weighted by atomic mass is 32.2. The monoisotopic (exact) mass is 383 g/mol. The van der Waals surface area contributed by atoms with Crippen LogP contribution in [0.5, 0.6) is 0 Å². The summed E-state index contributed by atoms with van der Waals surface area (Å²) in [5.41, 5.74) is 0.857. The second kappa shape index (κ2) is 7.58. The quantitative estimate of drug-likeness (QED) is 0.719. The van der Waals surface area contributed by atoms with Crippen molar-refractivity contribution in [3.63, 3.8) is 0 Å². The first-order chi connectivity index (χ1) is 12.9. The number of sulfone groups is 1. The van der Waals surface area contributed by atoms with E-state index >= 15 is 0 Å². The summed E-state index contributed by atoms with van der Waals surface area (Å²) in [6.07, 6.45) is 1.62. The van der Waals surface area contributed by atoms with E-state index in [0.717, 1.165) is 0 Å². The highest BCUT2D eigenvalue weighted by Gasteiger charge is 2.14.